The molecule has 1 aromatic heterocycles. The van der Waals surface area contributed by atoms with Gasteiger partial charge >= 0.3 is 0 Å². The highest BCUT2D eigenvalue weighted by Gasteiger charge is 2.07. The van der Waals surface area contributed by atoms with Crippen molar-refractivity contribution in [2.24, 2.45) is 0 Å². The van der Waals surface area contributed by atoms with E-state index < -0.39 is 0 Å². The summed E-state index contributed by atoms with van der Waals surface area (Å²) in [4.78, 5) is 4.29. The number of rotatable bonds is 5. The lowest BCUT2D eigenvalue weighted by molar-refractivity contribution is 0.369. The topological polar surface area (TPSA) is 60.2 Å². The Bertz CT molecular complexity index is 470. The van der Waals surface area contributed by atoms with E-state index in [4.69, 9.17) is 9.26 Å². The highest BCUT2D eigenvalue weighted by molar-refractivity contribution is 5.85. The van der Waals surface area contributed by atoms with E-state index >= 15 is 0 Å². The molecule has 1 heterocycles. The van der Waals surface area contributed by atoms with Gasteiger partial charge in [-0.25, -0.2) is 0 Å². The van der Waals surface area contributed by atoms with Gasteiger partial charge in [-0.2, -0.15) is 4.98 Å². The van der Waals surface area contributed by atoms with Crippen molar-refractivity contribution < 1.29 is 9.26 Å². The maximum absolute atomic E-state index is 5.12. The summed E-state index contributed by atoms with van der Waals surface area (Å²) in [5, 5.41) is 7.06. The Labute approximate surface area is 112 Å². The quantitative estimate of drug-likeness (QED) is 0.902. The van der Waals surface area contributed by atoms with Crippen molar-refractivity contribution >= 4 is 12.4 Å². The van der Waals surface area contributed by atoms with Crippen LogP contribution in [0, 0.1) is 0 Å². The highest BCUT2D eigenvalue weighted by atomic mass is 35.5. The fourth-order valence-electron chi connectivity index (χ4n) is 1.42. The zero-order valence-electron chi connectivity index (χ0n) is 10.3. The molecule has 0 aliphatic rings. The first-order valence-electron chi connectivity index (χ1n) is 5.51. The van der Waals surface area contributed by atoms with Gasteiger partial charge in [0, 0.05) is 5.56 Å². The molecule has 0 amide bonds. The van der Waals surface area contributed by atoms with Crippen LogP contribution in [-0.2, 0) is 6.54 Å². The summed E-state index contributed by atoms with van der Waals surface area (Å²) in [5.41, 5.74) is 0.914. The Morgan fingerprint density at radius 3 is 2.61 bits per heavy atom. The van der Waals surface area contributed by atoms with Crippen LogP contribution >= 0.6 is 12.4 Å². The van der Waals surface area contributed by atoms with Crippen LogP contribution in [0.2, 0.25) is 0 Å². The summed E-state index contributed by atoms with van der Waals surface area (Å²) >= 11 is 0. The molecule has 5 nitrogen and oxygen atoms in total. The van der Waals surface area contributed by atoms with E-state index in [0.717, 1.165) is 17.9 Å². The minimum Gasteiger partial charge on any atom is -0.497 e. The van der Waals surface area contributed by atoms with E-state index in [1.165, 1.54) is 0 Å². The molecule has 0 radical (unpaired) electrons. The van der Waals surface area contributed by atoms with E-state index in [9.17, 15) is 0 Å². The summed E-state index contributed by atoms with van der Waals surface area (Å²) in [6.07, 6.45) is 0. The molecule has 0 saturated carbocycles. The molecule has 0 saturated heterocycles. The number of nitrogens with one attached hydrogen (secondary N) is 1. The Kier molecular flexibility index (Phi) is 5.61. The first kappa shape index (κ1) is 14.5. The summed E-state index contributed by atoms with van der Waals surface area (Å²) in [7, 11) is 1.64. The lowest BCUT2D eigenvalue weighted by Crippen LogP contribution is -2.11. The molecule has 0 aliphatic heterocycles. The molecule has 0 unspecified atom stereocenters. The molecule has 0 spiro atoms. The van der Waals surface area contributed by atoms with E-state index in [-0.39, 0.29) is 12.4 Å². The van der Waals surface area contributed by atoms with Gasteiger partial charge in [0.2, 0.25) is 11.7 Å². The SMILES string of the molecule is CCNCc1nc(-c2ccc(OC)cc2)no1.Cl. The second kappa shape index (κ2) is 6.98. The third kappa shape index (κ3) is 3.45. The zero-order chi connectivity index (χ0) is 12.1. The largest absolute Gasteiger partial charge is 0.497 e. The van der Waals surface area contributed by atoms with Gasteiger partial charge in [0.15, 0.2) is 0 Å². The van der Waals surface area contributed by atoms with Crippen molar-refractivity contribution in [3.63, 3.8) is 0 Å². The number of ether oxygens (including phenoxy) is 1. The molecule has 98 valence electrons. The van der Waals surface area contributed by atoms with Crippen LogP contribution in [0.15, 0.2) is 28.8 Å². The maximum atomic E-state index is 5.12. The highest BCUT2D eigenvalue weighted by Crippen LogP contribution is 2.19. The summed E-state index contributed by atoms with van der Waals surface area (Å²) in [5.74, 6) is 2.00. The lowest BCUT2D eigenvalue weighted by Gasteiger charge is -1.98. The average molecular weight is 270 g/mol. The molecule has 6 heteroatoms. The number of hydrogen-bond acceptors (Lipinski definition) is 5. The smallest absolute Gasteiger partial charge is 0.240 e. The molecule has 0 fully saturated rings. The Hall–Kier alpha value is -1.59. The Balaban J connectivity index is 0.00000162. The van der Waals surface area contributed by atoms with Gasteiger partial charge in [-0.15, -0.1) is 12.4 Å². The van der Waals surface area contributed by atoms with Crippen LogP contribution in [0.5, 0.6) is 5.75 Å². The van der Waals surface area contributed by atoms with Gasteiger partial charge in [0.05, 0.1) is 13.7 Å². The monoisotopic (exact) mass is 269 g/mol. The Morgan fingerprint density at radius 2 is 2.00 bits per heavy atom. The molecule has 0 bridgehead atoms. The number of methoxy groups -OCH3 is 1. The van der Waals surface area contributed by atoms with Crippen molar-refractivity contribution in [3.8, 4) is 17.1 Å². The van der Waals surface area contributed by atoms with E-state index in [2.05, 4.69) is 15.5 Å². The molecule has 2 aromatic rings. The number of benzene rings is 1. The Morgan fingerprint density at radius 1 is 1.28 bits per heavy atom. The summed E-state index contributed by atoms with van der Waals surface area (Å²) < 4.78 is 10.2. The third-order valence-corrected chi connectivity index (χ3v) is 2.34. The summed E-state index contributed by atoms with van der Waals surface area (Å²) in [6.45, 7) is 3.50. The van der Waals surface area contributed by atoms with Gasteiger partial charge in [-0.05, 0) is 30.8 Å². The minimum atomic E-state index is 0. The van der Waals surface area contributed by atoms with E-state index in [1.807, 2.05) is 31.2 Å². The lowest BCUT2D eigenvalue weighted by atomic mass is 10.2. The number of halogens is 1. The molecule has 18 heavy (non-hydrogen) atoms. The van der Waals surface area contributed by atoms with Crippen molar-refractivity contribution in [1.82, 2.24) is 15.5 Å². The van der Waals surface area contributed by atoms with Crippen molar-refractivity contribution in [3.05, 3.63) is 30.2 Å². The molecule has 1 aromatic carbocycles. The van der Waals surface area contributed by atoms with Crippen LogP contribution in [-0.4, -0.2) is 23.8 Å². The molecular weight excluding hydrogens is 254 g/mol. The molecule has 0 aliphatic carbocycles. The predicted molar refractivity (Wildman–Crippen MR) is 70.9 cm³/mol. The number of aromatic nitrogens is 2. The summed E-state index contributed by atoms with van der Waals surface area (Å²) in [6, 6.07) is 7.55. The minimum absolute atomic E-state index is 0. The second-order valence-corrected chi connectivity index (χ2v) is 3.52. The fourth-order valence-corrected chi connectivity index (χ4v) is 1.42. The first-order valence-corrected chi connectivity index (χ1v) is 5.51. The predicted octanol–water partition coefficient (Wildman–Crippen LogP) is 2.28. The van der Waals surface area contributed by atoms with E-state index in [0.29, 0.717) is 18.3 Å². The molecular formula is C12H16ClN3O2. The van der Waals surface area contributed by atoms with Crippen LogP contribution in [0.3, 0.4) is 0 Å². The molecule has 1 N–H and O–H groups in total. The van der Waals surface area contributed by atoms with Crippen molar-refractivity contribution in [2.45, 2.75) is 13.5 Å². The van der Waals surface area contributed by atoms with Gasteiger partial charge in [-0.3, -0.25) is 0 Å². The normalized spacial score (nSPS) is 9.89. The van der Waals surface area contributed by atoms with Crippen LogP contribution in [0.4, 0.5) is 0 Å². The fraction of sp³-hybridized carbons (Fsp3) is 0.333. The number of nitrogens with zero attached hydrogens (tertiary/aromatic N) is 2. The van der Waals surface area contributed by atoms with Crippen molar-refractivity contribution in [1.29, 1.82) is 0 Å². The third-order valence-electron chi connectivity index (χ3n) is 2.34. The van der Waals surface area contributed by atoms with Crippen LogP contribution < -0.4 is 10.1 Å². The average Bonchev–Trinajstić information content (AvgIpc) is 2.85. The van der Waals surface area contributed by atoms with Crippen molar-refractivity contribution in [2.75, 3.05) is 13.7 Å². The second-order valence-electron chi connectivity index (χ2n) is 3.52. The molecule has 0 atom stereocenters. The van der Waals surface area contributed by atoms with Gasteiger partial charge < -0.3 is 14.6 Å². The van der Waals surface area contributed by atoms with Crippen LogP contribution in [0.1, 0.15) is 12.8 Å². The zero-order valence-corrected chi connectivity index (χ0v) is 11.2. The van der Waals surface area contributed by atoms with Gasteiger partial charge in [-0.1, -0.05) is 12.1 Å². The molecule has 2 rings (SSSR count). The standard InChI is InChI=1S/C12H15N3O2.ClH/c1-3-13-8-11-14-12(15-17-11)9-4-6-10(16-2)7-5-9;/h4-7,13H,3,8H2,1-2H3;1H. The van der Waals surface area contributed by atoms with Gasteiger partial charge in [0.25, 0.3) is 0 Å². The van der Waals surface area contributed by atoms with Crippen LogP contribution in [0.25, 0.3) is 11.4 Å². The van der Waals surface area contributed by atoms with Gasteiger partial charge in [0.1, 0.15) is 5.75 Å². The number of hydrogen-bond donors (Lipinski definition) is 1. The first-order chi connectivity index (χ1) is 8.33. The maximum Gasteiger partial charge on any atom is 0.240 e. The van der Waals surface area contributed by atoms with E-state index in [1.54, 1.807) is 7.11 Å².